The van der Waals surface area contributed by atoms with Crippen molar-refractivity contribution in [2.24, 2.45) is 0 Å². The van der Waals surface area contributed by atoms with Crippen molar-refractivity contribution in [2.75, 3.05) is 0 Å². The highest BCUT2D eigenvalue weighted by Crippen LogP contribution is 2.40. The Kier molecular flexibility index (Phi) is 4.82. The monoisotopic (exact) mass is 336 g/mol. The first-order valence-corrected chi connectivity index (χ1v) is 7.89. The van der Waals surface area contributed by atoms with E-state index in [1.165, 1.54) is 0 Å². The van der Waals surface area contributed by atoms with Gasteiger partial charge >= 0.3 is 6.18 Å². The molecule has 0 aliphatic carbocycles. The van der Waals surface area contributed by atoms with Crippen molar-refractivity contribution >= 4 is 0 Å². The zero-order valence-electron chi connectivity index (χ0n) is 14.4. The third kappa shape index (κ3) is 4.18. The summed E-state index contributed by atoms with van der Waals surface area (Å²) < 4.78 is 39.3. The summed E-state index contributed by atoms with van der Waals surface area (Å²) >= 11 is 0. The van der Waals surface area contributed by atoms with Crippen LogP contribution in [0, 0.1) is 6.92 Å². The summed E-state index contributed by atoms with van der Waals surface area (Å²) in [6.07, 6.45) is -5.81. The van der Waals surface area contributed by atoms with Gasteiger partial charge in [0.1, 0.15) is 5.60 Å². The van der Waals surface area contributed by atoms with Gasteiger partial charge in [0, 0.05) is 0 Å². The first-order chi connectivity index (χ1) is 10.9. The Bertz CT molecular complexity index is 679. The smallest absolute Gasteiger partial charge is 0.380 e. The normalized spacial score (nSPS) is 15.2. The van der Waals surface area contributed by atoms with Crippen LogP contribution < -0.4 is 0 Å². The van der Waals surface area contributed by atoms with Gasteiger partial charge in [-0.05, 0) is 29.0 Å². The highest BCUT2D eigenvalue weighted by molar-refractivity contribution is 5.39. The van der Waals surface area contributed by atoms with Gasteiger partial charge in [0.05, 0.1) is 6.42 Å². The average Bonchev–Trinajstić information content (AvgIpc) is 2.45. The van der Waals surface area contributed by atoms with Gasteiger partial charge < -0.3 is 5.11 Å². The Morgan fingerprint density at radius 2 is 1.12 bits per heavy atom. The van der Waals surface area contributed by atoms with E-state index in [4.69, 9.17) is 0 Å². The minimum absolute atomic E-state index is 0.107. The molecule has 2 aromatic rings. The van der Waals surface area contributed by atoms with E-state index < -0.39 is 18.2 Å². The lowest BCUT2D eigenvalue weighted by atomic mass is 9.80. The van der Waals surface area contributed by atoms with Crippen LogP contribution in [-0.4, -0.2) is 11.3 Å². The Morgan fingerprint density at radius 3 is 1.50 bits per heavy atom. The van der Waals surface area contributed by atoms with Crippen molar-refractivity contribution in [3.63, 3.8) is 0 Å². The van der Waals surface area contributed by atoms with Crippen LogP contribution in [0.1, 0.15) is 49.4 Å². The van der Waals surface area contributed by atoms with Gasteiger partial charge in [0.25, 0.3) is 0 Å². The zero-order chi connectivity index (χ0) is 18.2. The average molecular weight is 336 g/mol. The van der Waals surface area contributed by atoms with E-state index in [2.05, 4.69) is 0 Å². The Hall–Kier alpha value is -1.81. The minimum atomic E-state index is -4.48. The number of hydrogen-bond donors (Lipinski definition) is 1. The maximum absolute atomic E-state index is 13.1. The molecule has 24 heavy (non-hydrogen) atoms. The fourth-order valence-corrected chi connectivity index (χ4v) is 2.74. The van der Waals surface area contributed by atoms with Crippen LogP contribution in [0.3, 0.4) is 0 Å². The number of aliphatic hydroxyl groups is 1. The number of halogens is 3. The lowest BCUT2D eigenvalue weighted by Crippen LogP contribution is -2.33. The second kappa shape index (κ2) is 6.25. The SMILES string of the molecule is Cc1ccc(C(O)(CC(F)(F)F)c2ccc(C(C)(C)C)cc2)cc1. The lowest BCUT2D eigenvalue weighted by molar-refractivity contribution is -0.169. The van der Waals surface area contributed by atoms with Crippen molar-refractivity contribution in [1.29, 1.82) is 0 Å². The quantitative estimate of drug-likeness (QED) is 0.787. The molecule has 0 aromatic heterocycles. The molecule has 1 nitrogen and oxygen atoms in total. The molecule has 0 saturated heterocycles. The third-order valence-electron chi connectivity index (χ3n) is 4.21. The molecule has 0 spiro atoms. The Labute approximate surface area is 141 Å². The molecule has 2 rings (SSSR count). The van der Waals surface area contributed by atoms with Gasteiger partial charge in [-0.25, -0.2) is 0 Å². The summed E-state index contributed by atoms with van der Waals surface area (Å²) in [5, 5.41) is 11.0. The second-order valence-corrected chi connectivity index (χ2v) is 7.35. The standard InChI is InChI=1S/C20H23F3O/c1-14-5-7-16(8-6-14)19(24,13-20(21,22)23)17-11-9-15(10-12-17)18(2,3)4/h5-12,24H,13H2,1-4H3. The van der Waals surface area contributed by atoms with Crippen molar-refractivity contribution in [3.8, 4) is 0 Å². The molecule has 4 heteroatoms. The number of alkyl halides is 3. The summed E-state index contributed by atoms with van der Waals surface area (Å²) in [6.45, 7) is 7.95. The van der Waals surface area contributed by atoms with Gasteiger partial charge in [0.15, 0.2) is 0 Å². The summed E-state index contributed by atoms with van der Waals surface area (Å²) in [7, 11) is 0. The van der Waals surface area contributed by atoms with Crippen LogP contribution in [0.15, 0.2) is 48.5 Å². The predicted octanol–water partition coefficient (Wildman–Crippen LogP) is 5.48. The summed E-state index contributed by atoms with van der Waals surface area (Å²) in [4.78, 5) is 0. The summed E-state index contributed by atoms with van der Waals surface area (Å²) in [5.74, 6) is 0. The van der Waals surface area contributed by atoms with Crippen molar-refractivity contribution in [1.82, 2.24) is 0 Å². The first-order valence-electron chi connectivity index (χ1n) is 7.89. The zero-order valence-corrected chi connectivity index (χ0v) is 14.4. The van der Waals surface area contributed by atoms with Crippen molar-refractivity contribution in [2.45, 2.75) is 51.3 Å². The van der Waals surface area contributed by atoms with Crippen LogP contribution in [0.2, 0.25) is 0 Å². The molecule has 1 N–H and O–H groups in total. The van der Waals surface area contributed by atoms with Gasteiger partial charge in [0.2, 0.25) is 0 Å². The van der Waals surface area contributed by atoms with E-state index in [1.807, 2.05) is 27.7 Å². The molecule has 0 amide bonds. The van der Waals surface area contributed by atoms with E-state index in [0.29, 0.717) is 0 Å². The Balaban J connectivity index is 2.52. The maximum Gasteiger partial charge on any atom is 0.392 e. The molecule has 0 radical (unpaired) electrons. The fraction of sp³-hybridized carbons (Fsp3) is 0.400. The number of benzene rings is 2. The van der Waals surface area contributed by atoms with Gasteiger partial charge in [-0.15, -0.1) is 0 Å². The first kappa shape index (κ1) is 18.5. The molecule has 1 atom stereocenters. The van der Waals surface area contributed by atoms with E-state index in [9.17, 15) is 18.3 Å². The van der Waals surface area contributed by atoms with E-state index in [1.54, 1.807) is 48.5 Å². The van der Waals surface area contributed by atoms with E-state index in [-0.39, 0.29) is 16.5 Å². The fourth-order valence-electron chi connectivity index (χ4n) is 2.74. The number of aryl methyl sites for hydroxylation is 1. The van der Waals surface area contributed by atoms with Crippen molar-refractivity contribution < 1.29 is 18.3 Å². The van der Waals surface area contributed by atoms with Gasteiger partial charge in [-0.2, -0.15) is 13.2 Å². The van der Waals surface area contributed by atoms with E-state index in [0.717, 1.165) is 11.1 Å². The molecule has 0 saturated carbocycles. The topological polar surface area (TPSA) is 20.2 Å². The molecule has 1 unspecified atom stereocenters. The highest BCUT2D eigenvalue weighted by Gasteiger charge is 2.43. The molecule has 0 bridgehead atoms. The molecular formula is C20H23F3O. The van der Waals surface area contributed by atoms with Crippen LogP contribution >= 0.6 is 0 Å². The Morgan fingerprint density at radius 1 is 0.750 bits per heavy atom. The van der Waals surface area contributed by atoms with E-state index >= 15 is 0 Å². The van der Waals surface area contributed by atoms with Gasteiger partial charge in [-0.1, -0.05) is 74.9 Å². The van der Waals surface area contributed by atoms with Crippen LogP contribution in [0.5, 0.6) is 0 Å². The van der Waals surface area contributed by atoms with Crippen molar-refractivity contribution in [3.05, 3.63) is 70.8 Å². The molecule has 0 heterocycles. The van der Waals surface area contributed by atoms with Crippen LogP contribution in [0.25, 0.3) is 0 Å². The number of hydrogen-bond acceptors (Lipinski definition) is 1. The van der Waals surface area contributed by atoms with Crippen LogP contribution in [-0.2, 0) is 11.0 Å². The summed E-state index contributed by atoms with van der Waals surface area (Å²) in [5.41, 5.74) is 0.221. The molecular weight excluding hydrogens is 313 g/mol. The largest absolute Gasteiger partial charge is 0.392 e. The maximum atomic E-state index is 13.1. The lowest BCUT2D eigenvalue weighted by Gasteiger charge is -2.31. The number of rotatable bonds is 3. The molecule has 0 fully saturated rings. The van der Waals surface area contributed by atoms with Crippen LogP contribution in [0.4, 0.5) is 13.2 Å². The molecule has 2 aromatic carbocycles. The second-order valence-electron chi connectivity index (χ2n) is 7.35. The van der Waals surface area contributed by atoms with Gasteiger partial charge in [-0.3, -0.25) is 0 Å². The summed E-state index contributed by atoms with van der Waals surface area (Å²) in [6, 6.07) is 13.3. The third-order valence-corrected chi connectivity index (χ3v) is 4.21. The highest BCUT2D eigenvalue weighted by atomic mass is 19.4. The molecule has 0 aliphatic rings. The molecule has 0 aliphatic heterocycles. The minimum Gasteiger partial charge on any atom is -0.380 e. The molecule has 130 valence electrons. The predicted molar refractivity (Wildman–Crippen MR) is 90.0 cm³/mol.